The molecule has 4 rings (SSSR count). The fourth-order valence-corrected chi connectivity index (χ4v) is 6.12. The number of hydrogen-bond donors (Lipinski definition) is 1. The maximum atomic E-state index is 13.4. The third-order valence-corrected chi connectivity index (χ3v) is 9.14. The highest BCUT2D eigenvalue weighted by Crippen LogP contribution is 2.38. The number of carbonyl (C=O) groups is 1. The molecule has 3 heterocycles. The number of anilines is 1. The predicted molar refractivity (Wildman–Crippen MR) is 140 cm³/mol. The van der Waals surface area contributed by atoms with Gasteiger partial charge in [0.1, 0.15) is 5.82 Å². The van der Waals surface area contributed by atoms with Crippen molar-refractivity contribution in [3.63, 3.8) is 0 Å². The summed E-state index contributed by atoms with van der Waals surface area (Å²) >= 11 is 12.4. The van der Waals surface area contributed by atoms with Gasteiger partial charge in [0, 0.05) is 63.3 Å². The van der Waals surface area contributed by atoms with Crippen LogP contribution in [0.25, 0.3) is 0 Å². The second kappa shape index (κ2) is 11.1. The third-order valence-electron chi connectivity index (χ3n) is 7.09. The van der Waals surface area contributed by atoms with Gasteiger partial charge in [0.2, 0.25) is 10.0 Å². The fraction of sp³-hybridized carbons (Fsp3) is 0.500. The molecule has 0 aliphatic carbocycles. The Morgan fingerprint density at radius 1 is 1.05 bits per heavy atom. The Bertz CT molecular complexity index is 1270. The van der Waals surface area contributed by atoms with Gasteiger partial charge in [-0.15, -0.1) is 0 Å². The molecule has 0 unspecified atom stereocenters. The molecule has 3 atom stereocenters. The van der Waals surface area contributed by atoms with E-state index in [9.17, 15) is 26.4 Å². The van der Waals surface area contributed by atoms with Crippen molar-refractivity contribution >= 4 is 45.1 Å². The first kappa shape index (κ1) is 28.7. The number of carbonyl (C=O) groups excluding carboxylic acids is 1. The van der Waals surface area contributed by atoms with Gasteiger partial charge in [-0.1, -0.05) is 29.3 Å². The average Bonchev–Trinajstić information content (AvgIpc) is 3.30. The molecule has 8 nitrogen and oxygen atoms in total. The second-order valence-electron chi connectivity index (χ2n) is 9.64. The lowest BCUT2D eigenvalue weighted by Crippen LogP contribution is -2.53. The molecular formula is C24H28Cl2F3N5O3S. The molecule has 0 saturated carbocycles. The van der Waals surface area contributed by atoms with Gasteiger partial charge in [-0.25, -0.2) is 18.2 Å². The molecule has 2 aliphatic heterocycles. The Balaban J connectivity index is 1.52. The van der Waals surface area contributed by atoms with E-state index in [2.05, 4.69) is 10.3 Å². The van der Waals surface area contributed by atoms with Gasteiger partial charge in [-0.2, -0.15) is 17.5 Å². The highest BCUT2D eigenvalue weighted by atomic mass is 35.5. The number of alkyl halides is 3. The van der Waals surface area contributed by atoms with E-state index >= 15 is 0 Å². The summed E-state index contributed by atoms with van der Waals surface area (Å²) in [6, 6.07) is 7.12. The summed E-state index contributed by atoms with van der Waals surface area (Å²) < 4.78 is 63.8. The zero-order valence-corrected chi connectivity index (χ0v) is 23.1. The smallest absolute Gasteiger partial charge is 0.367 e. The molecule has 14 heteroatoms. The number of nitrogens with zero attached hydrogens (tertiary/aromatic N) is 4. The van der Waals surface area contributed by atoms with Gasteiger partial charge in [0.05, 0.1) is 21.9 Å². The molecule has 0 spiro atoms. The van der Waals surface area contributed by atoms with Crippen LogP contribution in [0.4, 0.5) is 23.8 Å². The fourth-order valence-electron chi connectivity index (χ4n) is 4.99. The van der Waals surface area contributed by atoms with Crippen LogP contribution in [0.2, 0.25) is 10.0 Å². The van der Waals surface area contributed by atoms with Crippen molar-refractivity contribution in [1.82, 2.24) is 19.1 Å². The Morgan fingerprint density at radius 3 is 2.29 bits per heavy atom. The Hall–Kier alpha value is -2.28. The van der Waals surface area contributed by atoms with Crippen LogP contribution in [0.3, 0.4) is 0 Å². The minimum absolute atomic E-state index is 0.127. The number of benzene rings is 1. The normalized spacial score (nSPS) is 22.0. The van der Waals surface area contributed by atoms with Crippen LogP contribution in [0.1, 0.15) is 24.0 Å². The molecule has 38 heavy (non-hydrogen) atoms. The highest BCUT2D eigenvalue weighted by molar-refractivity contribution is 7.88. The van der Waals surface area contributed by atoms with E-state index in [0.29, 0.717) is 29.0 Å². The first-order valence-corrected chi connectivity index (χ1v) is 14.6. The number of urea groups is 1. The van der Waals surface area contributed by atoms with E-state index in [-0.39, 0.29) is 50.1 Å². The number of pyridine rings is 1. The Morgan fingerprint density at radius 2 is 1.74 bits per heavy atom. The zero-order valence-electron chi connectivity index (χ0n) is 20.8. The summed E-state index contributed by atoms with van der Waals surface area (Å²) in [5.41, 5.74) is 0.0496. The molecule has 2 fully saturated rings. The number of likely N-dealkylation sites (tertiary alicyclic amines) is 1. The Labute approximate surface area is 229 Å². The SMILES string of the molecule is C[C@@H](Nc1ccc(C(F)(F)F)cn1)[C@@H]1CN(C(=O)N2CCN(S(C)(=O)=O)CC2)C[C@@H]1c1ccc(Cl)c(Cl)c1. The van der Waals surface area contributed by atoms with Crippen LogP contribution >= 0.6 is 23.2 Å². The third kappa shape index (κ3) is 6.47. The quantitative estimate of drug-likeness (QED) is 0.547. The van der Waals surface area contributed by atoms with E-state index in [1.807, 2.05) is 13.0 Å². The number of halogens is 5. The number of aromatic nitrogens is 1. The lowest BCUT2D eigenvalue weighted by molar-refractivity contribution is -0.137. The maximum Gasteiger partial charge on any atom is 0.417 e. The van der Waals surface area contributed by atoms with Crippen LogP contribution in [0, 0.1) is 5.92 Å². The largest absolute Gasteiger partial charge is 0.417 e. The van der Waals surface area contributed by atoms with Crippen molar-refractivity contribution < 1.29 is 26.4 Å². The molecule has 2 amide bonds. The van der Waals surface area contributed by atoms with Crippen molar-refractivity contribution in [2.75, 3.05) is 50.8 Å². The maximum absolute atomic E-state index is 13.4. The van der Waals surface area contributed by atoms with Gasteiger partial charge in [-0.05, 0) is 36.8 Å². The molecule has 2 saturated heterocycles. The summed E-state index contributed by atoms with van der Waals surface area (Å²) in [5, 5.41) is 3.98. The number of rotatable bonds is 5. The van der Waals surface area contributed by atoms with Crippen LogP contribution in [-0.4, -0.2) is 85.1 Å². The lowest BCUT2D eigenvalue weighted by atomic mass is 9.84. The van der Waals surface area contributed by atoms with Crippen LogP contribution in [-0.2, 0) is 16.2 Å². The van der Waals surface area contributed by atoms with Gasteiger partial charge >= 0.3 is 12.2 Å². The lowest BCUT2D eigenvalue weighted by Gasteiger charge is -2.35. The van der Waals surface area contributed by atoms with Crippen molar-refractivity contribution in [1.29, 1.82) is 0 Å². The number of piperazine rings is 1. The number of hydrogen-bond acceptors (Lipinski definition) is 5. The molecule has 0 radical (unpaired) electrons. The molecule has 1 aromatic heterocycles. The van der Waals surface area contributed by atoms with Crippen molar-refractivity contribution in [2.45, 2.75) is 25.1 Å². The van der Waals surface area contributed by atoms with E-state index in [1.54, 1.807) is 21.9 Å². The van der Waals surface area contributed by atoms with Gasteiger partial charge in [0.15, 0.2) is 0 Å². The Kier molecular flexibility index (Phi) is 8.37. The summed E-state index contributed by atoms with van der Waals surface area (Å²) in [6.45, 7) is 3.70. The summed E-state index contributed by atoms with van der Waals surface area (Å²) in [5.74, 6) is 0.0284. The molecule has 1 aromatic carbocycles. The van der Waals surface area contributed by atoms with Crippen molar-refractivity contribution in [3.8, 4) is 0 Å². The highest BCUT2D eigenvalue weighted by Gasteiger charge is 2.41. The standard InChI is InChI=1S/C24H28Cl2F3N5O3S/c1-15(31-22-6-4-17(12-30-22)24(27,28)29)18-13-33(14-19(18)16-3-5-20(25)21(26)11-16)23(35)32-7-9-34(10-8-32)38(2,36)37/h3-6,11-12,15,18-19H,7-10,13-14H2,1-2H3,(H,30,31)/t15-,18+,19-/m1/s1. The zero-order chi connectivity index (χ0) is 27.8. The summed E-state index contributed by atoms with van der Waals surface area (Å²) in [4.78, 5) is 20.7. The van der Waals surface area contributed by atoms with E-state index in [0.717, 1.165) is 24.1 Å². The molecular weight excluding hydrogens is 566 g/mol. The van der Waals surface area contributed by atoms with Gasteiger partial charge in [-0.3, -0.25) is 0 Å². The monoisotopic (exact) mass is 593 g/mol. The predicted octanol–water partition coefficient (Wildman–Crippen LogP) is 4.62. The first-order valence-electron chi connectivity index (χ1n) is 12.0. The topological polar surface area (TPSA) is 85.8 Å². The van der Waals surface area contributed by atoms with Crippen LogP contribution < -0.4 is 5.32 Å². The average molecular weight is 594 g/mol. The van der Waals surface area contributed by atoms with E-state index in [1.165, 1.54) is 10.4 Å². The number of nitrogens with one attached hydrogen (secondary N) is 1. The molecule has 0 bridgehead atoms. The van der Waals surface area contributed by atoms with Crippen LogP contribution in [0.5, 0.6) is 0 Å². The number of sulfonamides is 1. The second-order valence-corrected chi connectivity index (χ2v) is 12.4. The number of amides is 2. The van der Waals surface area contributed by atoms with Gasteiger partial charge < -0.3 is 15.1 Å². The minimum Gasteiger partial charge on any atom is -0.367 e. The van der Waals surface area contributed by atoms with Crippen molar-refractivity contribution in [3.05, 3.63) is 57.7 Å². The summed E-state index contributed by atoms with van der Waals surface area (Å²) in [6.07, 6.45) is -2.54. The molecule has 2 aliphatic rings. The molecule has 1 N–H and O–H groups in total. The van der Waals surface area contributed by atoms with Gasteiger partial charge in [0.25, 0.3) is 0 Å². The first-order chi connectivity index (χ1) is 17.7. The molecule has 2 aromatic rings. The van der Waals surface area contributed by atoms with E-state index in [4.69, 9.17) is 23.2 Å². The molecule has 208 valence electrons. The van der Waals surface area contributed by atoms with Crippen LogP contribution in [0.15, 0.2) is 36.5 Å². The van der Waals surface area contributed by atoms with Crippen molar-refractivity contribution in [2.24, 2.45) is 5.92 Å². The minimum atomic E-state index is -4.48. The summed E-state index contributed by atoms with van der Waals surface area (Å²) in [7, 11) is -3.33. The van der Waals surface area contributed by atoms with E-state index < -0.39 is 21.8 Å².